The molecule has 0 radical (unpaired) electrons. The molecule has 3 unspecified atom stereocenters. The molecule has 30 heavy (non-hydrogen) atoms. The van der Waals surface area contributed by atoms with Gasteiger partial charge in [-0.25, -0.2) is 8.42 Å². The quantitative estimate of drug-likeness (QED) is 0.196. The monoisotopic (exact) mass is 569 g/mol. The number of rotatable bonds is 10. The van der Waals surface area contributed by atoms with Crippen molar-refractivity contribution < 1.29 is 12.6 Å². The normalized spacial score (nSPS) is 20.8. The second kappa shape index (κ2) is 14.4. The van der Waals surface area contributed by atoms with Crippen molar-refractivity contribution in [3.05, 3.63) is 35.9 Å². The fraction of sp³-hybridized carbons (Fsp3) is 0.667. The molecule has 0 heterocycles. The van der Waals surface area contributed by atoms with E-state index in [2.05, 4.69) is 15.6 Å². The van der Waals surface area contributed by atoms with Crippen molar-refractivity contribution in [3.63, 3.8) is 0 Å². The van der Waals surface area contributed by atoms with Crippen molar-refractivity contribution in [1.29, 1.82) is 0 Å². The van der Waals surface area contributed by atoms with Crippen LogP contribution in [0.3, 0.4) is 0 Å². The molecule has 3 atom stereocenters. The van der Waals surface area contributed by atoms with E-state index in [9.17, 15) is 12.6 Å². The van der Waals surface area contributed by atoms with Crippen molar-refractivity contribution in [2.75, 3.05) is 24.6 Å². The van der Waals surface area contributed by atoms with Crippen LogP contribution in [0.1, 0.15) is 51.5 Å². The highest BCUT2D eigenvalue weighted by Crippen LogP contribution is 2.23. The molecule has 1 aromatic rings. The Kier molecular flexibility index (Phi) is 13.1. The standard InChI is InChI=1S/C21H35N3O3S2.HI/c1-3-22-21(24-19-12-8-13-20(16-19)28(25)4-2)23-14-9-15-29(26,27)17-18-10-6-5-7-11-18;/h5-7,10-11,19-20H,3-4,8-9,12-17H2,1-2H3,(H2,22,23,24);1H. The summed E-state index contributed by atoms with van der Waals surface area (Å²) in [5.74, 6) is 1.64. The second-order valence-electron chi connectivity index (χ2n) is 7.49. The summed E-state index contributed by atoms with van der Waals surface area (Å²) in [6.45, 7) is 5.19. The fourth-order valence-corrected chi connectivity index (χ4v) is 6.40. The van der Waals surface area contributed by atoms with Crippen molar-refractivity contribution >= 4 is 50.6 Å². The van der Waals surface area contributed by atoms with Crippen molar-refractivity contribution in [2.45, 2.75) is 63.0 Å². The fourth-order valence-electron chi connectivity index (χ4n) is 3.64. The van der Waals surface area contributed by atoms with E-state index in [4.69, 9.17) is 0 Å². The first kappa shape index (κ1) is 27.4. The number of halogens is 1. The van der Waals surface area contributed by atoms with Crippen LogP contribution in [0.25, 0.3) is 0 Å². The molecule has 1 fully saturated rings. The highest BCUT2D eigenvalue weighted by atomic mass is 127. The maximum Gasteiger partial charge on any atom is 0.191 e. The van der Waals surface area contributed by atoms with Gasteiger partial charge in [0.2, 0.25) is 0 Å². The Morgan fingerprint density at radius 2 is 1.93 bits per heavy atom. The van der Waals surface area contributed by atoms with E-state index in [0.717, 1.165) is 43.8 Å². The molecule has 6 nitrogen and oxygen atoms in total. The summed E-state index contributed by atoms with van der Waals surface area (Å²) < 4.78 is 36.8. The molecule has 0 amide bonds. The van der Waals surface area contributed by atoms with Gasteiger partial charge in [-0.2, -0.15) is 0 Å². The van der Waals surface area contributed by atoms with Crippen LogP contribution in [0.5, 0.6) is 0 Å². The van der Waals surface area contributed by atoms with Crippen LogP contribution in [-0.2, 0) is 26.4 Å². The van der Waals surface area contributed by atoms with Gasteiger partial charge in [0.25, 0.3) is 0 Å². The van der Waals surface area contributed by atoms with Crippen LogP contribution < -0.4 is 10.6 Å². The van der Waals surface area contributed by atoms with Crippen molar-refractivity contribution in [1.82, 2.24) is 10.6 Å². The largest absolute Gasteiger partial charge is 0.357 e. The lowest BCUT2D eigenvalue weighted by atomic mass is 9.95. The molecule has 2 N–H and O–H groups in total. The molecule has 1 aliphatic rings. The van der Waals surface area contributed by atoms with Gasteiger partial charge in [-0.15, -0.1) is 24.0 Å². The zero-order valence-electron chi connectivity index (χ0n) is 18.0. The van der Waals surface area contributed by atoms with Gasteiger partial charge in [0, 0.05) is 40.9 Å². The summed E-state index contributed by atoms with van der Waals surface area (Å²) in [7, 11) is -3.89. The van der Waals surface area contributed by atoms with Crippen LogP contribution in [-0.4, -0.2) is 54.5 Å². The summed E-state index contributed by atoms with van der Waals surface area (Å²) in [4.78, 5) is 4.56. The van der Waals surface area contributed by atoms with E-state index >= 15 is 0 Å². The van der Waals surface area contributed by atoms with E-state index < -0.39 is 20.6 Å². The van der Waals surface area contributed by atoms with Crippen LogP contribution in [0, 0.1) is 0 Å². The Labute approximate surface area is 201 Å². The van der Waals surface area contributed by atoms with Crippen LogP contribution in [0.15, 0.2) is 35.3 Å². The average Bonchev–Trinajstić information content (AvgIpc) is 2.71. The molecule has 1 aliphatic carbocycles. The average molecular weight is 570 g/mol. The Hall–Kier alpha value is -0.680. The van der Waals surface area contributed by atoms with E-state index in [1.807, 2.05) is 44.2 Å². The van der Waals surface area contributed by atoms with Crippen LogP contribution in [0.4, 0.5) is 0 Å². The molecular weight excluding hydrogens is 533 g/mol. The van der Waals surface area contributed by atoms with E-state index in [-0.39, 0.29) is 46.8 Å². The third-order valence-electron chi connectivity index (χ3n) is 5.08. The van der Waals surface area contributed by atoms with Gasteiger partial charge in [0.15, 0.2) is 15.8 Å². The van der Waals surface area contributed by atoms with Crippen molar-refractivity contribution in [2.24, 2.45) is 4.99 Å². The number of aliphatic imine (C=N–C) groups is 1. The number of hydrogen-bond donors (Lipinski definition) is 2. The molecule has 0 spiro atoms. The molecule has 0 bridgehead atoms. The van der Waals surface area contributed by atoms with E-state index in [1.54, 1.807) is 0 Å². The lowest BCUT2D eigenvalue weighted by Crippen LogP contribution is -2.46. The lowest BCUT2D eigenvalue weighted by Gasteiger charge is -2.30. The Morgan fingerprint density at radius 3 is 2.60 bits per heavy atom. The molecule has 0 aromatic heterocycles. The zero-order valence-corrected chi connectivity index (χ0v) is 22.0. The highest BCUT2D eigenvalue weighted by Gasteiger charge is 2.26. The summed E-state index contributed by atoms with van der Waals surface area (Å²) in [5, 5.41) is 6.96. The number of benzene rings is 1. The minimum Gasteiger partial charge on any atom is -0.357 e. The summed E-state index contributed by atoms with van der Waals surface area (Å²) in [5.41, 5.74) is 0.822. The molecule has 0 aliphatic heterocycles. The maximum absolute atomic E-state index is 12.3. The molecule has 1 aromatic carbocycles. The number of nitrogens with one attached hydrogen (secondary N) is 2. The number of guanidine groups is 1. The molecular formula is C21H36IN3O3S2. The first-order valence-corrected chi connectivity index (χ1v) is 13.8. The van der Waals surface area contributed by atoms with Gasteiger partial charge in [-0.3, -0.25) is 9.20 Å². The molecule has 172 valence electrons. The maximum atomic E-state index is 12.3. The zero-order chi connectivity index (χ0) is 21.1. The Balaban J connectivity index is 0.00000450. The summed E-state index contributed by atoms with van der Waals surface area (Å²) in [6, 6.07) is 9.54. The van der Waals surface area contributed by atoms with Gasteiger partial charge in [-0.1, -0.05) is 43.7 Å². The molecule has 2 rings (SSSR count). The summed E-state index contributed by atoms with van der Waals surface area (Å²) in [6.07, 6.45) is 4.55. The van der Waals surface area contributed by atoms with Gasteiger partial charge >= 0.3 is 0 Å². The predicted molar refractivity (Wildman–Crippen MR) is 138 cm³/mol. The number of hydrogen-bond acceptors (Lipinski definition) is 4. The predicted octanol–water partition coefficient (Wildman–Crippen LogP) is 3.24. The van der Waals surface area contributed by atoms with Gasteiger partial charge in [-0.05, 0) is 38.2 Å². The third kappa shape index (κ3) is 10.1. The molecule has 0 saturated heterocycles. The van der Waals surface area contributed by atoms with Gasteiger partial charge in [0.05, 0.1) is 11.5 Å². The van der Waals surface area contributed by atoms with E-state index in [1.165, 1.54) is 0 Å². The third-order valence-corrected chi connectivity index (χ3v) is 8.50. The first-order chi connectivity index (χ1) is 13.9. The van der Waals surface area contributed by atoms with Gasteiger partial charge < -0.3 is 10.6 Å². The Bertz CT molecular complexity index is 773. The first-order valence-electron chi connectivity index (χ1n) is 10.6. The highest BCUT2D eigenvalue weighted by molar-refractivity contribution is 14.0. The minimum absolute atomic E-state index is 0. The number of nitrogens with zero attached hydrogens (tertiary/aromatic N) is 1. The SMILES string of the molecule is CCNC(=NCCCS(=O)(=O)Cc1ccccc1)NC1CCCC(S(=O)CC)C1.I. The van der Waals surface area contributed by atoms with Crippen molar-refractivity contribution in [3.8, 4) is 0 Å². The minimum atomic E-state index is -3.14. The molecule has 1 saturated carbocycles. The van der Waals surface area contributed by atoms with Gasteiger partial charge in [0.1, 0.15) is 0 Å². The number of sulfone groups is 1. The lowest BCUT2D eigenvalue weighted by molar-refractivity contribution is 0.413. The smallest absolute Gasteiger partial charge is 0.191 e. The molecule has 9 heteroatoms. The van der Waals surface area contributed by atoms with Crippen LogP contribution >= 0.6 is 24.0 Å². The summed E-state index contributed by atoms with van der Waals surface area (Å²) >= 11 is 0. The van der Waals surface area contributed by atoms with Crippen LogP contribution in [0.2, 0.25) is 0 Å². The topological polar surface area (TPSA) is 87.6 Å². The second-order valence-corrected chi connectivity index (χ2v) is 11.7. The van der Waals surface area contributed by atoms with E-state index in [0.29, 0.717) is 18.7 Å². The Morgan fingerprint density at radius 1 is 1.20 bits per heavy atom.